The molecule has 14 heavy (non-hydrogen) atoms. The number of hydrogen-bond donors (Lipinski definition) is 0. The predicted molar refractivity (Wildman–Crippen MR) is 68.8 cm³/mol. The zero-order chi connectivity index (χ0) is 10.1. The lowest BCUT2D eigenvalue weighted by Gasteiger charge is -2.08. The number of benzene rings is 1. The molecule has 0 bridgehead atoms. The highest BCUT2D eigenvalue weighted by Crippen LogP contribution is 2.35. The largest absolute Gasteiger partial charge is 0.142 e. The molecule has 0 aliphatic heterocycles. The fourth-order valence-electron chi connectivity index (χ4n) is 1.67. The Kier molecular flexibility index (Phi) is 3.15. The second kappa shape index (κ2) is 4.21. The number of rotatable bonds is 2. The van der Waals surface area contributed by atoms with E-state index >= 15 is 0 Å². The van der Waals surface area contributed by atoms with E-state index in [4.69, 9.17) is 11.6 Å². The van der Waals surface area contributed by atoms with Crippen molar-refractivity contribution in [3.63, 3.8) is 0 Å². The van der Waals surface area contributed by atoms with Crippen LogP contribution in [0, 0.1) is 0 Å². The quantitative estimate of drug-likeness (QED) is 0.682. The van der Waals surface area contributed by atoms with Gasteiger partial charge in [0, 0.05) is 5.33 Å². The summed E-state index contributed by atoms with van der Waals surface area (Å²) in [6.45, 7) is 2.15. The summed E-state index contributed by atoms with van der Waals surface area (Å²) in [5.41, 5.74) is 2.59. The fraction of sp³-hybridized carbons (Fsp3) is 0.273. The first-order chi connectivity index (χ1) is 6.77. The van der Waals surface area contributed by atoms with Crippen molar-refractivity contribution in [2.24, 2.45) is 0 Å². The van der Waals surface area contributed by atoms with E-state index in [1.54, 1.807) is 11.3 Å². The third-order valence-electron chi connectivity index (χ3n) is 2.37. The van der Waals surface area contributed by atoms with Gasteiger partial charge in [-0.25, -0.2) is 0 Å². The summed E-state index contributed by atoms with van der Waals surface area (Å²) in [6.07, 6.45) is 0.994. The molecule has 0 unspecified atom stereocenters. The van der Waals surface area contributed by atoms with Crippen LogP contribution in [0.1, 0.15) is 18.1 Å². The minimum Gasteiger partial charge on any atom is -0.142 e. The van der Waals surface area contributed by atoms with E-state index in [1.165, 1.54) is 21.2 Å². The zero-order valence-corrected chi connectivity index (χ0v) is 11.0. The summed E-state index contributed by atoms with van der Waals surface area (Å²) in [5.74, 6) is 0. The lowest BCUT2D eigenvalue weighted by Crippen LogP contribution is -1.90. The van der Waals surface area contributed by atoms with Crippen LogP contribution in [0.15, 0.2) is 17.5 Å². The molecule has 0 aliphatic rings. The standard InChI is InChI=1S/C11H10BrClS/c1-2-9-8(6-12)5-7-3-4-14-11(7)10(9)13/h3-5H,2,6H2,1H3. The maximum absolute atomic E-state index is 6.36. The lowest BCUT2D eigenvalue weighted by molar-refractivity contribution is 1.11. The molecule has 0 nitrogen and oxygen atoms in total. The topological polar surface area (TPSA) is 0 Å². The van der Waals surface area contributed by atoms with Gasteiger partial charge in [0.2, 0.25) is 0 Å². The molecule has 0 saturated heterocycles. The second-order valence-electron chi connectivity index (χ2n) is 3.15. The number of fused-ring (bicyclic) bond motifs is 1. The maximum Gasteiger partial charge on any atom is 0.0619 e. The molecule has 0 spiro atoms. The van der Waals surface area contributed by atoms with E-state index in [9.17, 15) is 0 Å². The van der Waals surface area contributed by atoms with E-state index in [-0.39, 0.29) is 0 Å². The molecule has 2 aromatic rings. The summed E-state index contributed by atoms with van der Waals surface area (Å²) < 4.78 is 1.22. The van der Waals surface area contributed by atoms with Gasteiger partial charge in [0.15, 0.2) is 0 Å². The molecule has 0 atom stereocenters. The Morgan fingerprint density at radius 1 is 1.50 bits per heavy atom. The molecule has 1 aromatic heterocycles. The van der Waals surface area contributed by atoms with E-state index in [0.717, 1.165) is 16.8 Å². The Bertz CT molecular complexity index is 462. The summed E-state index contributed by atoms with van der Waals surface area (Å²) >= 11 is 11.6. The van der Waals surface area contributed by atoms with Gasteiger partial charge in [-0.3, -0.25) is 0 Å². The molecule has 2 rings (SSSR count). The van der Waals surface area contributed by atoms with E-state index < -0.39 is 0 Å². The monoisotopic (exact) mass is 288 g/mol. The molecule has 3 heteroatoms. The van der Waals surface area contributed by atoms with Gasteiger partial charge in [0.1, 0.15) is 0 Å². The average Bonchev–Trinajstić information content (AvgIpc) is 2.65. The smallest absolute Gasteiger partial charge is 0.0619 e. The molecule has 0 amide bonds. The molecule has 0 radical (unpaired) electrons. The van der Waals surface area contributed by atoms with Crippen LogP contribution >= 0.6 is 38.9 Å². The van der Waals surface area contributed by atoms with Gasteiger partial charge in [-0.05, 0) is 40.4 Å². The molecule has 1 heterocycles. The summed E-state index contributed by atoms with van der Waals surface area (Å²) in [6, 6.07) is 4.35. The van der Waals surface area contributed by atoms with Crippen molar-refractivity contribution >= 4 is 49.0 Å². The second-order valence-corrected chi connectivity index (χ2v) is 5.01. The van der Waals surface area contributed by atoms with Crippen molar-refractivity contribution < 1.29 is 0 Å². The Morgan fingerprint density at radius 3 is 2.93 bits per heavy atom. The maximum atomic E-state index is 6.36. The van der Waals surface area contributed by atoms with E-state index in [0.29, 0.717) is 0 Å². The first kappa shape index (κ1) is 10.5. The normalized spacial score (nSPS) is 11.1. The van der Waals surface area contributed by atoms with Crippen LogP contribution in [-0.4, -0.2) is 0 Å². The van der Waals surface area contributed by atoms with Crippen molar-refractivity contribution in [2.75, 3.05) is 0 Å². The van der Waals surface area contributed by atoms with Gasteiger partial charge in [0.05, 0.1) is 9.72 Å². The highest BCUT2D eigenvalue weighted by Gasteiger charge is 2.10. The Balaban J connectivity index is 2.79. The molecule has 0 aliphatic carbocycles. The van der Waals surface area contributed by atoms with Gasteiger partial charge < -0.3 is 0 Å². The van der Waals surface area contributed by atoms with Crippen molar-refractivity contribution in [3.05, 3.63) is 33.7 Å². The van der Waals surface area contributed by atoms with Crippen LogP contribution in [0.5, 0.6) is 0 Å². The molecule has 0 N–H and O–H groups in total. The molecule has 1 aromatic carbocycles. The minimum atomic E-state index is 0.877. The molecule has 74 valence electrons. The van der Waals surface area contributed by atoms with E-state index in [2.05, 4.69) is 40.4 Å². The fourth-order valence-corrected chi connectivity index (χ4v) is 3.50. The zero-order valence-electron chi connectivity index (χ0n) is 7.81. The third kappa shape index (κ3) is 1.60. The predicted octanol–water partition coefficient (Wildman–Crippen LogP) is 5.01. The van der Waals surface area contributed by atoms with Gasteiger partial charge in [0.25, 0.3) is 0 Å². The number of alkyl halides is 1. The van der Waals surface area contributed by atoms with Crippen molar-refractivity contribution in [1.29, 1.82) is 0 Å². The van der Waals surface area contributed by atoms with Crippen LogP contribution in [0.25, 0.3) is 10.1 Å². The van der Waals surface area contributed by atoms with Gasteiger partial charge in [-0.15, -0.1) is 11.3 Å². The first-order valence-corrected chi connectivity index (χ1v) is 6.89. The Hall–Kier alpha value is -0.0500. The van der Waals surface area contributed by atoms with Crippen molar-refractivity contribution in [3.8, 4) is 0 Å². The third-order valence-corrected chi connectivity index (χ3v) is 4.46. The van der Waals surface area contributed by atoms with Crippen LogP contribution < -0.4 is 0 Å². The van der Waals surface area contributed by atoms with Crippen molar-refractivity contribution in [1.82, 2.24) is 0 Å². The lowest BCUT2D eigenvalue weighted by atomic mass is 10.0. The molecular formula is C11H10BrClS. The molecule has 0 saturated carbocycles. The summed E-state index contributed by atoms with van der Waals surface area (Å²) in [4.78, 5) is 0. The SMILES string of the molecule is CCc1c(CBr)cc2ccsc2c1Cl. The van der Waals surface area contributed by atoms with Crippen molar-refractivity contribution in [2.45, 2.75) is 18.7 Å². The Morgan fingerprint density at radius 2 is 2.29 bits per heavy atom. The highest BCUT2D eigenvalue weighted by atomic mass is 79.9. The molecular weight excluding hydrogens is 280 g/mol. The van der Waals surface area contributed by atoms with Crippen LogP contribution in [-0.2, 0) is 11.8 Å². The van der Waals surface area contributed by atoms with Gasteiger partial charge >= 0.3 is 0 Å². The van der Waals surface area contributed by atoms with Crippen LogP contribution in [0.3, 0.4) is 0 Å². The number of hydrogen-bond acceptors (Lipinski definition) is 1. The molecule has 0 fully saturated rings. The Labute approximate surface area is 101 Å². The average molecular weight is 290 g/mol. The summed E-state index contributed by atoms with van der Waals surface area (Å²) in [7, 11) is 0. The summed E-state index contributed by atoms with van der Waals surface area (Å²) in [5, 5.41) is 5.16. The number of thiophene rings is 1. The highest BCUT2D eigenvalue weighted by molar-refractivity contribution is 9.08. The van der Waals surface area contributed by atoms with Crippen LogP contribution in [0.2, 0.25) is 5.02 Å². The van der Waals surface area contributed by atoms with Gasteiger partial charge in [-0.2, -0.15) is 0 Å². The number of halogens is 2. The first-order valence-electron chi connectivity index (χ1n) is 4.51. The minimum absolute atomic E-state index is 0.877. The van der Waals surface area contributed by atoms with E-state index in [1.807, 2.05) is 0 Å². The van der Waals surface area contributed by atoms with Gasteiger partial charge in [-0.1, -0.05) is 34.5 Å². The van der Waals surface area contributed by atoms with Crippen LogP contribution in [0.4, 0.5) is 0 Å².